The summed E-state index contributed by atoms with van der Waals surface area (Å²) in [4.78, 5) is 29.1. The van der Waals surface area contributed by atoms with Gasteiger partial charge in [0.1, 0.15) is 5.75 Å². The molecule has 26 heavy (non-hydrogen) atoms. The van der Waals surface area contributed by atoms with Crippen LogP contribution in [0.25, 0.3) is 0 Å². The number of likely N-dealkylation sites (tertiary alicyclic amines) is 2. The second kappa shape index (κ2) is 7.68. The van der Waals surface area contributed by atoms with Crippen LogP contribution < -0.4 is 0 Å². The predicted octanol–water partition coefficient (Wildman–Crippen LogP) is 3.28. The maximum Gasteiger partial charge on any atom is 0.253 e. The molecule has 1 spiro atoms. The minimum absolute atomic E-state index is 0.0229. The third-order valence-electron chi connectivity index (χ3n) is 5.79. The van der Waals surface area contributed by atoms with E-state index in [1.807, 2.05) is 9.80 Å². The van der Waals surface area contributed by atoms with Gasteiger partial charge in [-0.3, -0.25) is 9.59 Å². The molecule has 2 amide bonds. The third-order valence-corrected chi connectivity index (χ3v) is 5.79. The van der Waals surface area contributed by atoms with Crippen molar-refractivity contribution in [1.82, 2.24) is 9.80 Å². The number of amides is 2. The van der Waals surface area contributed by atoms with Crippen LogP contribution in [0.4, 0.5) is 0 Å². The Bertz CT molecular complexity index is 656. The summed E-state index contributed by atoms with van der Waals surface area (Å²) in [5, 5.41) is 9.43. The lowest BCUT2D eigenvalue weighted by molar-refractivity contribution is -0.139. The molecule has 2 aliphatic heterocycles. The molecule has 2 heterocycles. The maximum atomic E-state index is 12.9. The maximum absolute atomic E-state index is 12.9. The molecule has 3 rings (SSSR count). The monoisotopic (exact) mass is 358 g/mol. The summed E-state index contributed by atoms with van der Waals surface area (Å²) < 4.78 is 0. The van der Waals surface area contributed by atoms with Crippen molar-refractivity contribution >= 4 is 11.8 Å². The molecule has 5 heteroatoms. The zero-order valence-electron chi connectivity index (χ0n) is 15.9. The Kier molecular flexibility index (Phi) is 5.54. The number of phenolic OH excluding ortho intramolecular Hbond substituents is 1. The van der Waals surface area contributed by atoms with Gasteiger partial charge in [-0.05, 0) is 55.9 Å². The molecule has 1 aromatic rings. The summed E-state index contributed by atoms with van der Waals surface area (Å²) in [7, 11) is 0. The molecule has 1 atom stereocenters. The fourth-order valence-corrected chi connectivity index (χ4v) is 4.22. The first-order valence-electron chi connectivity index (χ1n) is 9.75. The summed E-state index contributed by atoms with van der Waals surface area (Å²) in [6, 6.07) is 6.47. The van der Waals surface area contributed by atoms with Gasteiger partial charge in [0.15, 0.2) is 0 Å². The zero-order chi connectivity index (χ0) is 18.7. The number of aromatic hydroxyl groups is 1. The molecule has 2 saturated heterocycles. The Morgan fingerprint density at radius 3 is 2.62 bits per heavy atom. The van der Waals surface area contributed by atoms with Crippen molar-refractivity contribution in [1.29, 1.82) is 0 Å². The second-order valence-corrected chi connectivity index (χ2v) is 8.37. The van der Waals surface area contributed by atoms with Gasteiger partial charge in [0.05, 0.1) is 0 Å². The van der Waals surface area contributed by atoms with Gasteiger partial charge in [0, 0.05) is 43.6 Å². The fraction of sp³-hybridized carbons (Fsp3) is 0.619. The van der Waals surface area contributed by atoms with E-state index >= 15 is 0 Å². The first-order chi connectivity index (χ1) is 12.4. The van der Waals surface area contributed by atoms with E-state index in [0.717, 1.165) is 51.9 Å². The Balaban J connectivity index is 1.69. The minimum atomic E-state index is 0.0229. The quantitative estimate of drug-likeness (QED) is 0.898. The largest absolute Gasteiger partial charge is 0.508 e. The van der Waals surface area contributed by atoms with Crippen molar-refractivity contribution in [3.8, 4) is 5.75 Å². The summed E-state index contributed by atoms with van der Waals surface area (Å²) in [6.45, 7) is 7.45. The summed E-state index contributed by atoms with van der Waals surface area (Å²) in [5.41, 5.74) is 0.652. The number of hydrogen-bond donors (Lipinski definition) is 1. The third kappa shape index (κ3) is 4.19. The Labute approximate surface area is 156 Å². The lowest BCUT2D eigenvalue weighted by Crippen LogP contribution is -2.55. The molecule has 0 saturated carbocycles. The molecular weight excluding hydrogens is 328 g/mol. The van der Waals surface area contributed by atoms with Crippen LogP contribution in [0.2, 0.25) is 0 Å². The predicted molar refractivity (Wildman–Crippen MR) is 101 cm³/mol. The fourth-order valence-electron chi connectivity index (χ4n) is 4.22. The Hall–Kier alpha value is -2.04. The number of carbonyl (C=O) groups excluding carboxylic acids is 2. The van der Waals surface area contributed by atoms with Gasteiger partial charge < -0.3 is 14.9 Å². The molecule has 0 radical (unpaired) electrons. The number of benzene rings is 1. The van der Waals surface area contributed by atoms with Crippen LogP contribution in [-0.2, 0) is 4.79 Å². The first-order valence-corrected chi connectivity index (χ1v) is 9.75. The van der Waals surface area contributed by atoms with Gasteiger partial charge in [-0.15, -0.1) is 0 Å². The molecule has 1 aromatic carbocycles. The van der Waals surface area contributed by atoms with Gasteiger partial charge >= 0.3 is 0 Å². The number of carbonyl (C=O) groups is 2. The highest BCUT2D eigenvalue weighted by Crippen LogP contribution is 2.39. The van der Waals surface area contributed by atoms with Crippen molar-refractivity contribution in [3.05, 3.63) is 29.8 Å². The highest BCUT2D eigenvalue weighted by molar-refractivity contribution is 5.94. The van der Waals surface area contributed by atoms with Crippen LogP contribution in [0.15, 0.2) is 24.3 Å². The first kappa shape index (κ1) is 18.7. The lowest BCUT2D eigenvalue weighted by atomic mass is 9.73. The standard InChI is InChI=1S/C21H30N2O3/c1-16(2)9-13-22-14-21(11-8-19(22)25)10-3-12-23(15-21)20(26)17-4-6-18(24)7-5-17/h4-7,16,24H,3,8-15H2,1-2H3/t21-/m1/s1. The molecule has 0 unspecified atom stereocenters. The number of hydrogen-bond acceptors (Lipinski definition) is 3. The molecular formula is C21H30N2O3. The molecule has 5 nitrogen and oxygen atoms in total. The van der Waals surface area contributed by atoms with Crippen LogP contribution in [0.1, 0.15) is 56.3 Å². The topological polar surface area (TPSA) is 60.9 Å². The van der Waals surface area contributed by atoms with Crippen molar-refractivity contribution in [2.45, 2.75) is 46.0 Å². The molecule has 0 aliphatic carbocycles. The number of rotatable bonds is 4. The number of phenols is 1. The molecule has 2 aliphatic rings. The van der Waals surface area contributed by atoms with Gasteiger partial charge in [-0.25, -0.2) is 0 Å². The van der Waals surface area contributed by atoms with E-state index in [4.69, 9.17) is 0 Å². The van der Waals surface area contributed by atoms with Crippen molar-refractivity contribution in [3.63, 3.8) is 0 Å². The minimum Gasteiger partial charge on any atom is -0.508 e. The highest BCUT2D eigenvalue weighted by Gasteiger charge is 2.42. The lowest BCUT2D eigenvalue weighted by Gasteiger charge is -2.48. The van der Waals surface area contributed by atoms with Crippen LogP contribution in [0.3, 0.4) is 0 Å². The molecule has 1 N–H and O–H groups in total. The van der Waals surface area contributed by atoms with E-state index in [1.54, 1.807) is 24.3 Å². The van der Waals surface area contributed by atoms with Crippen LogP contribution >= 0.6 is 0 Å². The normalized spacial score (nSPS) is 23.7. The van der Waals surface area contributed by atoms with Gasteiger partial charge in [0.2, 0.25) is 5.91 Å². The smallest absolute Gasteiger partial charge is 0.253 e. The number of nitrogens with zero attached hydrogens (tertiary/aromatic N) is 2. The van der Waals surface area contributed by atoms with Crippen molar-refractivity contribution in [2.75, 3.05) is 26.2 Å². The SMILES string of the molecule is CC(C)CCN1C[C@@]2(CCCN(C(=O)c3ccc(O)cc3)C2)CCC1=O. The summed E-state index contributed by atoms with van der Waals surface area (Å²) in [6.07, 6.45) is 4.56. The molecule has 0 aromatic heterocycles. The van der Waals surface area contributed by atoms with E-state index in [2.05, 4.69) is 13.8 Å². The van der Waals surface area contributed by atoms with Crippen molar-refractivity contribution in [2.24, 2.45) is 11.3 Å². The Morgan fingerprint density at radius 2 is 1.92 bits per heavy atom. The van der Waals surface area contributed by atoms with Gasteiger partial charge in [0.25, 0.3) is 5.91 Å². The van der Waals surface area contributed by atoms with E-state index < -0.39 is 0 Å². The number of piperidine rings is 2. The molecule has 2 fully saturated rings. The van der Waals surface area contributed by atoms with Crippen LogP contribution in [-0.4, -0.2) is 52.9 Å². The van der Waals surface area contributed by atoms with E-state index in [1.165, 1.54) is 0 Å². The Morgan fingerprint density at radius 1 is 1.19 bits per heavy atom. The van der Waals surface area contributed by atoms with E-state index in [0.29, 0.717) is 17.9 Å². The van der Waals surface area contributed by atoms with Crippen LogP contribution in [0, 0.1) is 11.3 Å². The summed E-state index contributed by atoms with van der Waals surface area (Å²) in [5.74, 6) is 1.04. The summed E-state index contributed by atoms with van der Waals surface area (Å²) >= 11 is 0. The van der Waals surface area contributed by atoms with Gasteiger partial charge in [-0.1, -0.05) is 13.8 Å². The molecule has 142 valence electrons. The van der Waals surface area contributed by atoms with Crippen molar-refractivity contribution < 1.29 is 14.7 Å². The molecule has 0 bridgehead atoms. The van der Waals surface area contributed by atoms with E-state index in [-0.39, 0.29) is 23.0 Å². The average Bonchev–Trinajstić information content (AvgIpc) is 2.63. The van der Waals surface area contributed by atoms with Gasteiger partial charge in [-0.2, -0.15) is 0 Å². The highest BCUT2D eigenvalue weighted by atomic mass is 16.3. The van der Waals surface area contributed by atoms with Crippen LogP contribution in [0.5, 0.6) is 5.75 Å². The van der Waals surface area contributed by atoms with E-state index in [9.17, 15) is 14.7 Å². The second-order valence-electron chi connectivity index (χ2n) is 8.37. The average molecular weight is 358 g/mol. The zero-order valence-corrected chi connectivity index (χ0v) is 15.9.